The Balaban J connectivity index is 1.53. The summed E-state index contributed by atoms with van der Waals surface area (Å²) in [6.07, 6.45) is 3.83. The van der Waals surface area contributed by atoms with E-state index in [4.69, 9.17) is 4.74 Å². The molecule has 0 aliphatic carbocycles. The second-order valence-electron chi connectivity index (χ2n) is 6.38. The zero-order chi connectivity index (χ0) is 19.3. The number of ether oxygens (including phenoxy) is 1. The summed E-state index contributed by atoms with van der Waals surface area (Å²) < 4.78 is 6.82. The highest BCUT2D eigenvalue weighted by atomic mass is 16.5. The molecule has 4 aromatic rings. The number of hydrogen-bond acceptors (Lipinski definition) is 3. The Kier molecular flexibility index (Phi) is 5.02. The molecule has 3 aromatic carbocycles. The lowest BCUT2D eigenvalue weighted by atomic mass is 10.0. The quantitative estimate of drug-likeness (QED) is 0.444. The van der Waals surface area contributed by atoms with E-state index in [-0.39, 0.29) is 5.97 Å². The third kappa shape index (κ3) is 3.71. The molecule has 0 radical (unpaired) electrons. The highest BCUT2D eigenvalue weighted by Crippen LogP contribution is 2.25. The summed E-state index contributed by atoms with van der Waals surface area (Å²) in [6.45, 7) is 2.16. The van der Waals surface area contributed by atoms with Crippen molar-refractivity contribution < 1.29 is 9.53 Å². The van der Waals surface area contributed by atoms with Crippen molar-refractivity contribution in [3.8, 4) is 27.9 Å². The van der Waals surface area contributed by atoms with Gasteiger partial charge in [0.15, 0.2) is 0 Å². The molecule has 0 spiro atoms. The first kappa shape index (κ1) is 17.7. The number of aromatic nitrogens is 2. The van der Waals surface area contributed by atoms with Crippen molar-refractivity contribution in [3.63, 3.8) is 0 Å². The maximum Gasteiger partial charge on any atom is 0.338 e. The first-order chi connectivity index (χ1) is 13.7. The zero-order valence-corrected chi connectivity index (χ0v) is 15.6. The van der Waals surface area contributed by atoms with Gasteiger partial charge >= 0.3 is 5.97 Å². The van der Waals surface area contributed by atoms with Crippen molar-refractivity contribution in [2.45, 2.75) is 6.92 Å². The van der Waals surface area contributed by atoms with E-state index in [2.05, 4.69) is 41.5 Å². The number of rotatable bonds is 5. The molecule has 0 saturated carbocycles. The number of carbonyl (C=O) groups is 1. The summed E-state index contributed by atoms with van der Waals surface area (Å²) in [6, 6.07) is 26.0. The van der Waals surface area contributed by atoms with Crippen molar-refractivity contribution in [3.05, 3.63) is 96.8 Å². The van der Waals surface area contributed by atoms with Gasteiger partial charge in [-0.25, -0.2) is 9.48 Å². The van der Waals surface area contributed by atoms with Crippen molar-refractivity contribution in [1.82, 2.24) is 9.78 Å². The highest BCUT2D eigenvalue weighted by Gasteiger charge is 2.08. The molecule has 4 nitrogen and oxygen atoms in total. The molecule has 0 N–H and O–H groups in total. The topological polar surface area (TPSA) is 44.1 Å². The van der Waals surface area contributed by atoms with E-state index in [9.17, 15) is 4.79 Å². The number of benzene rings is 3. The van der Waals surface area contributed by atoms with Gasteiger partial charge in [0.2, 0.25) is 0 Å². The molecule has 4 rings (SSSR count). The van der Waals surface area contributed by atoms with E-state index < -0.39 is 0 Å². The molecule has 0 saturated heterocycles. The molecule has 1 aromatic heterocycles. The Morgan fingerprint density at radius 1 is 0.821 bits per heavy atom. The predicted molar refractivity (Wildman–Crippen MR) is 110 cm³/mol. The molecule has 0 aliphatic rings. The Morgan fingerprint density at radius 2 is 1.43 bits per heavy atom. The summed E-state index contributed by atoms with van der Waals surface area (Å²) >= 11 is 0. The van der Waals surface area contributed by atoms with Crippen LogP contribution in [0.1, 0.15) is 17.3 Å². The van der Waals surface area contributed by atoms with E-state index in [0.29, 0.717) is 12.2 Å². The van der Waals surface area contributed by atoms with Gasteiger partial charge in [0.1, 0.15) is 0 Å². The molecule has 0 atom stereocenters. The molecule has 28 heavy (non-hydrogen) atoms. The van der Waals surface area contributed by atoms with Crippen LogP contribution >= 0.6 is 0 Å². The summed E-state index contributed by atoms with van der Waals surface area (Å²) in [4.78, 5) is 11.8. The smallest absolute Gasteiger partial charge is 0.338 e. The van der Waals surface area contributed by atoms with Crippen LogP contribution in [0.4, 0.5) is 0 Å². The highest BCUT2D eigenvalue weighted by molar-refractivity contribution is 5.89. The van der Waals surface area contributed by atoms with Crippen LogP contribution in [-0.2, 0) is 4.74 Å². The predicted octanol–water partition coefficient (Wildman–Crippen LogP) is 5.38. The average molecular weight is 368 g/mol. The Morgan fingerprint density at radius 3 is 2.07 bits per heavy atom. The first-order valence-corrected chi connectivity index (χ1v) is 9.22. The zero-order valence-electron chi connectivity index (χ0n) is 15.6. The number of esters is 1. The van der Waals surface area contributed by atoms with Crippen molar-refractivity contribution >= 4 is 5.97 Å². The molecule has 0 aliphatic heterocycles. The summed E-state index contributed by atoms with van der Waals surface area (Å²) in [5, 5.41) is 4.45. The van der Waals surface area contributed by atoms with Crippen molar-refractivity contribution in [2.24, 2.45) is 0 Å². The third-order valence-electron chi connectivity index (χ3n) is 4.55. The Labute approximate surface area is 164 Å². The fraction of sp³-hybridized carbons (Fsp3) is 0.0833. The van der Waals surface area contributed by atoms with E-state index in [1.807, 2.05) is 42.7 Å². The molecular weight excluding hydrogens is 348 g/mol. The Hall–Kier alpha value is -3.66. The standard InChI is InChI=1S/C24H20N2O2/c1-2-28-24(27)21-12-14-23(15-13-21)26-17-22(16-25-26)20-10-8-19(9-11-20)18-6-4-3-5-7-18/h3-17H,2H2,1H3. The molecule has 0 bridgehead atoms. The van der Waals surface area contributed by atoms with Crippen LogP contribution in [0.2, 0.25) is 0 Å². The lowest BCUT2D eigenvalue weighted by Crippen LogP contribution is -2.04. The minimum absolute atomic E-state index is 0.311. The van der Waals surface area contributed by atoms with E-state index >= 15 is 0 Å². The van der Waals surface area contributed by atoms with Gasteiger partial charge in [-0.2, -0.15) is 5.10 Å². The van der Waals surface area contributed by atoms with Crippen LogP contribution in [0, 0.1) is 0 Å². The van der Waals surface area contributed by atoms with E-state index in [0.717, 1.165) is 16.8 Å². The van der Waals surface area contributed by atoms with E-state index in [1.165, 1.54) is 11.1 Å². The van der Waals surface area contributed by atoms with Gasteiger partial charge in [-0.3, -0.25) is 0 Å². The molecule has 0 unspecified atom stereocenters. The molecule has 1 heterocycles. The van der Waals surface area contributed by atoms with Crippen molar-refractivity contribution in [1.29, 1.82) is 0 Å². The van der Waals surface area contributed by atoms with Crippen LogP contribution in [0.25, 0.3) is 27.9 Å². The van der Waals surface area contributed by atoms with Gasteiger partial charge in [-0.15, -0.1) is 0 Å². The largest absolute Gasteiger partial charge is 0.462 e. The van der Waals surface area contributed by atoms with Crippen LogP contribution < -0.4 is 0 Å². The van der Waals surface area contributed by atoms with Crippen LogP contribution in [-0.4, -0.2) is 22.4 Å². The lowest BCUT2D eigenvalue weighted by Gasteiger charge is -2.04. The molecule has 0 amide bonds. The van der Waals surface area contributed by atoms with Gasteiger partial charge in [-0.1, -0.05) is 54.6 Å². The third-order valence-corrected chi connectivity index (χ3v) is 4.55. The van der Waals surface area contributed by atoms with Crippen molar-refractivity contribution in [2.75, 3.05) is 6.61 Å². The van der Waals surface area contributed by atoms with Gasteiger partial charge in [0.05, 0.1) is 24.1 Å². The van der Waals surface area contributed by atoms with E-state index in [1.54, 1.807) is 23.7 Å². The summed E-state index contributed by atoms with van der Waals surface area (Å²) in [7, 11) is 0. The lowest BCUT2D eigenvalue weighted by molar-refractivity contribution is 0.0526. The monoisotopic (exact) mass is 368 g/mol. The normalized spacial score (nSPS) is 10.6. The Bertz CT molecular complexity index is 1070. The minimum atomic E-state index is -0.311. The summed E-state index contributed by atoms with van der Waals surface area (Å²) in [5.41, 5.74) is 5.95. The number of carbonyl (C=O) groups excluding carboxylic acids is 1. The van der Waals surface area contributed by atoms with Gasteiger partial charge in [-0.05, 0) is 47.9 Å². The SMILES string of the molecule is CCOC(=O)c1ccc(-n2cc(-c3ccc(-c4ccccc4)cc3)cn2)cc1. The van der Waals surface area contributed by atoms with Crippen LogP contribution in [0.15, 0.2) is 91.3 Å². The first-order valence-electron chi connectivity index (χ1n) is 9.22. The second kappa shape index (κ2) is 7.92. The van der Waals surface area contributed by atoms with Crippen LogP contribution in [0.5, 0.6) is 0 Å². The van der Waals surface area contributed by atoms with Gasteiger partial charge in [0, 0.05) is 11.8 Å². The molecular formula is C24H20N2O2. The second-order valence-corrected chi connectivity index (χ2v) is 6.38. The minimum Gasteiger partial charge on any atom is -0.462 e. The fourth-order valence-electron chi connectivity index (χ4n) is 3.06. The number of nitrogens with zero attached hydrogens (tertiary/aromatic N) is 2. The average Bonchev–Trinajstić information content (AvgIpc) is 3.25. The maximum atomic E-state index is 11.8. The maximum absolute atomic E-state index is 11.8. The summed E-state index contributed by atoms with van der Waals surface area (Å²) in [5.74, 6) is -0.311. The molecule has 4 heteroatoms. The molecule has 138 valence electrons. The van der Waals surface area contributed by atoms with Crippen LogP contribution in [0.3, 0.4) is 0 Å². The van der Waals surface area contributed by atoms with Gasteiger partial charge < -0.3 is 4.74 Å². The fourth-order valence-corrected chi connectivity index (χ4v) is 3.06. The molecule has 0 fully saturated rings. The number of hydrogen-bond donors (Lipinski definition) is 0. The van der Waals surface area contributed by atoms with Gasteiger partial charge in [0.25, 0.3) is 0 Å².